The van der Waals surface area contributed by atoms with Gasteiger partial charge in [0.1, 0.15) is 5.69 Å². The quantitative estimate of drug-likeness (QED) is 0.664. The van der Waals surface area contributed by atoms with Gasteiger partial charge in [-0.05, 0) is 37.1 Å². The summed E-state index contributed by atoms with van der Waals surface area (Å²) in [7, 11) is 0. The smallest absolute Gasteiger partial charge is 0.275 e. The van der Waals surface area contributed by atoms with E-state index in [1.165, 1.54) is 11.8 Å². The summed E-state index contributed by atoms with van der Waals surface area (Å²) in [5, 5.41) is 3.42. The van der Waals surface area contributed by atoms with Crippen LogP contribution in [0.15, 0.2) is 54.9 Å². The van der Waals surface area contributed by atoms with Crippen LogP contribution in [0.5, 0.6) is 0 Å². The number of carbonyl (C=O) groups excluding carboxylic acids is 1. The van der Waals surface area contributed by atoms with Crippen LogP contribution in [0.4, 0.5) is 17.2 Å². The van der Waals surface area contributed by atoms with E-state index in [2.05, 4.69) is 39.2 Å². The highest BCUT2D eigenvalue weighted by molar-refractivity contribution is 6.39. The molecular weight excluding hydrogens is 383 g/mol. The minimum absolute atomic E-state index is 0.190. The van der Waals surface area contributed by atoms with Crippen molar-refractivity contribution in [2.45, 2.75) is 19.4 Å². The third-order valence-corrected chi connectivity index (χ3v) is 5.16. The van der Waals surface area contributed by atoms with Crippen LogP contribution in [-0.4, -0.2) is 21.9 Å². The zero-order valence-corrected chi connectivity index (χ0v) is 16.0. The van der Waals surface area contributed by atoms with Crippen molar-refractivity contribution in [2.75, 3.05) is 10.2 Å². The highest BCUT2D eigenvalue weighted by atomic mass is 35.5. The topological polar surface area (TPSA) is 58.1 Å². The number of hydrogen-bond donors (Lipinski definition) is 1. The summed E-state index contributed by atoms with van der Waals surface area (Å²) in [6.07, 6.45) is 4.02. The number of benzene rings is 2. The second kappa shape index (κ2) is 7.18. The zero-order chi connectivity index (χ0) is 19.0. The van der Waals surface area contributed by atoms with Crippen LogP contribution in [0, 0.1) is 0 Å². The number of para-hydroxylation sites is 2. The van der Waals surface area contributed by atoms with Gasteiger partial charge in [0, 0.05) is 11.7 Å². The van der Waals surface area contributed by atoms with Crippen molar-refractivity contribution in [1.29, 1.82) is 0 Å². The first-order valence-electron chi connectivity index (χ1n) is 8.49. The lowest BCUT2D eigenvalue weighted by Gasteiger charge is -2.23. The largest absolute Gasteiger partial charge is 0.322 e. The Hall–Kier alpha value is -2.63. The number of rotatable bonds is 3. The van der Waals surface area contributed by atoms with Gasteiger partial charge < -0.3 is 10.2 Å². The van der Waals surface area contributed by atoms with Crippen LogP contribution in [0.25, 0.3) is 0 Å². The van der Waals surface area contributed by atoms with Crippen molar-refractivity contribution in [1.82, 2.24) is 9.97 Å². The average molecular weight is 399 g/mol. The first-order chi connectivity index (χ1) is 13.0. The van der Waals surface area contributed by atoms with E-state index in [9.17, 15) is 4.79 Å². The van der Waals surface area contributed by atoms with Crippen LogP contribution >= 0.6 is 23.2 Å². The first-order valence-corrected chi connectivity index (χ1v) is 9.24. The van der Waals surface area contributed by atoms with Gasteiger partial charge in [0.15, 0.2) is 5.82 Å². The molecule has 1 aliphatic heterocycles. The van der Waals surface area contributed by atoms with E-state index in [1.54, 1.807) is 24.4 Å². The molecule has 1 atom stereocenters. The van der Waals surface area contributed by atoms with Crippen molar-refractivity contribution in [3.63, 3.8) is 0 Å². The molecule has 27 heavy (non-hydrogen) atoms. The molecular formula is C20H16Cl2N4O. The maximum absolute atomic E-state index is 12.5. The van der Waals surface area contributed by atoms with Gasteiger partial charge in [0.2, 0.25) is 0 Å². The van der Waals surface area contributed by atoms with Gasteiger partial charge in [0.25, 0.3) is 5.91 Å². The SMILES string of the molecule is CC1Cc2ccccc2N1c1cnc(C(=O)Nc2c(Cl)cccc2Cl)cn1. The van der Waals surface area contributed by atoms with E-state index in [1.807, 2.05) is 12.1 Å². The molecule has 136 valence electrons. The average Bonchev–Trinajstić information content (AvgIpc) is 3.00. The minimum Gasteiger partial charge on any atom is -0.322 e. The molecule has 5 nitrogen and oxygen atoms in total. The lowest BCUT2D eigenvalue weighted by Crippen LogP contribution is -2.25. The van der Waals surface area contributed by atoms with Crippen LogP contribution in [0.3, 0.4) is 0 Å². The Balaban J connectivity index is 1.57. The van der Waals surface area contributed by atoms with E-state index >= 15 is 0 Å². The maximum Gasteiger partial charge on any atom is 0.275 e. The molecule has 0 saturated heterocycles. The molecule has 2 heterocycles. The summed E-state index contributed by atoms with van der Waals surface area (Å²) in [5.41, 5.74) is 2.95. The zero-order valence-electron chi connectivity index (χ0n) is 14.5. The van der Waals surface area contributed by atoms with Gasteiger partial charge in [-0.3, -0.25) is 4.79 Å². The summed E-state index contributed by atoms with van der Waals surface area (Å²) in [6.45, 7) is 2.14. The molecule has 4 rings (SSSR count). The summed E-state index contributed by atoms with van der Waals surface area (Å²) < 4.78 is 0. The number of nitrogens with zero attached hydrogens (tertiary/aromatic N) is 3. The number of halogens is 2. The van der Waals surface area contributed by atoms with Gasteiger partial charge >= 0.3 is 0 Å². The number of nitrogens with one attached hydrogen (secondary N) is 1. The lowest BCUT2D eigenvalue weighted by atomic mass is 10.1. The maximum atomic E-state index is 12.5. The van der Waals surface area contributed by atoms with Crippen molar-refractivity contribution >= 4 is 46.3 Å². The fourth-order valence-electron chi connectivity index (χ4n) is 3.27. The van der Waals surface area contributed by atoms with Crippen molar-refractivity contribution < 1.29 is 4.79 Å². The summed E-state index contributed by atoms with van der Waals surface area (Å²) in [6, 6.07) is 13.5. The summed E-state index contributed by atoms with van der Waals surface area (Å²) >= 11 is 12.2. The second-order valence-electron chi connectivity index (χ2n) is 6.36. The molecule has 3 aromatic rings. The molecule has 0 spiro atoms. The molecule has 7 heteroatoms. The second-order valence-corrected chi connectivity index (χ2v) is 7.18. The van der Waals surface area contributed by atoms with Gasteiger partial charge in [-0.15, -0.1) is 0 Å². The molecule has 1 aromatic heterocycles. The van der Waals surface area contributed by atoms with Gasteiger partial charge in [-0.2, -0.15) is 0 Å². The standard InChI is InChI=1S/C20H16Cl2N4O/c1-12-9-13-5-2-3-8-17(13)26(12)18-11-23-16(10-24-18)20(27)25-19-14(21)6-4-7-15(19)22/h2-8,10-12H,9H2,1H3,(H,25,27). The van der Waals surface area contributed by atoms with Gasteiger partial charge in [-0.25, -0.2) is 9.97 Å². The Kier molecular flexibility index (Phi) is 4.72. The Bertz CT molecular complexity index is 987. The van der Waals surface area contributed by atoms with Gasteiger partial charge in [0.05, 0.1) is 28.1 Å². The summed E-state index contributed by atoms with van der Waals surface area (Å²) in [5.74, 6) is 0.290. The number of fused-ring (bicyclic) bond motifs is 1. The normalized spacial score (nSPS) is 15.5. The number of amides is 1. The highest BCUT2D eigenvalue weighted by Gasteiger charge is 2.28. The van der Waals surface area contributed by atoms with E-state index in [0.29, 0.717) is 21.6 Å². The molecule has 0 radical (unpaired) electrons. The Labute approximate surface area is 167 Å². The van der Waals surface area contributed by atoms with Crippen molar-refractivity contribution in [3.05, 3.63) is 76.2 Å². The molecule has 0 fully saturated rings. The molecule has 0 saturated carbocycles. The van der Waals surface area contributed by atoms with Crippen LogP contribution in [-0.2, 0) is 6.42 Å². The Morgan fingerprint density at radius 3 is 2.52 bits per heavy atom. The van der Waals surface area contributed by atoms with Gasteiger partial charge in [-0.1, -0.05) is 47.5 Å². The fraction of sp³-hybridized carbons (Fsp3) is 0.150. The van der Waals surface area contributed by atoms with E-state index in [4.69, 9.17) is 23.2 Å². The fourth-order valence-corrected chi connectivity index (χ4v) is 3.76. The van der Waals surface area contributed by atoms with Crippen molar-refractivity contribution in [3.8, 4) is 0 Å². The molecule has 1 N–H and O–H groups in total. The first kappa shape index (κ1) is 17.8. The number of hydrogen-bond acceptors (Lipinski definition) is 4. The minimum atomic E-state index is -0.418. The Morgan fingerprint density at radius 1 is 1.07 bits per heavy atom. The number of anilines is 3. The molecule has 0 bridgehead atoms. The van der Waals surface area contributed by atoms with E-state index in [-0.39, 0.29) is 11.7 Å². The van der Waals surface area contributed by atoms with Crippen molar-refractivity contribution in [2.24, 2.45) is 0 Å². The summed E-state index contributed by atoms with van der Waals surface area (Å²) in [4.78, 5) is 23.3. The van der Waals surface area contributed by atoms with Crippen LogP contribution in [0.1, 0.15) is 23.0 Å². The molecule has 1 amide bonds. The molecule has 1 unspecified atom stereocenters. The Morgan fingerprint density at radius 2 is 1.81 bits per heavy atom. The number of carbonyl (C=O) groups is 1. The highest BCUT2D eigenvalue weighted by Crippen LogP contribution is 2.36. The third kappa shape index (κ3) is 3.36. The van der Waals surface area contributed by atoms with Crippen LogP contribution < -0.4 is 10.2 Å². The molecule has 0 aliphatic carbocycles. The number of aromatic nitrogens is 2. The molecule has 1 aliphatic rings. The predicted octanol–water partition coefficient (Wildman–Crippen LogP) is 5.12. The third-order valence-electron chi connectivity index (χ3n) is 4.53. The predicted molar refractivity (Wildman–Crippen MR) is 108 cm³/mol. The van der Waals surface area contributed by atoms with Crippen LogP contribution in [0.2, 0.25) is 10.0 Å². The monoisotopic (exact) mass is 398 g/mol. The van der Waals surface area contributed by atoms with E-state index in [0.717, 1.165) is 12.1 Å². The lowest BCUT2D eigenvalue weighted by molar-refractivity contribution is 0.102. The van der Waals surface area contributed by atoms with E-state index < -0.39 is 5.91 Å². The molecule has 2 aromatic carbocycles.